The molecule has 0 amide bonds. The van der Waals surface area contributed by atoms with E-state index in [0.717, 1.165) is 5.56 Å². The SMILES string of the molecule is CC.Cc1cc(C)c(OCc2c(Cl)ncnc2Cl)c([N+](=O)[O-])c1. The van der Waals surface area contributed by atoms with Crippen LogP contribution in [0.3, 0.4) is 0 Å². The average Bonchev–Trinajstić information content (AvgIpc) is 2.50. The normalized spacial score (nSPS) is 9.83. The first-order valence-electron chi connectivity index (χ1n) is 6.93. The van der Waals surface area contributed by atoms with E-state index in [1.807, 2.05) is 13.8 Å². The summed E-state index contributed by atoms with van der Waals surface area (Å²) < 4.78 is 5.54. The number of aryl methyl sites for hydroxylation is 2. The standard InChI is InChI=1S/C13H11Cl2N3O3.C2H6/c1-7-3-8(2)11(10(4-7)18(19)20)21-5-9-12(14)16-6-17-13(9)15;1-2/h3-4,6H,5H2,1-2H3;1-2H3. The van der Waals surface area contributed by atoms with Gasteiger partial charge in [0.25, 0.3) is 0 Å². The highest BCUT2D eigenvalue weighted by Gasteiger charge is 2.19. The molecular formula is C15H17Cl2N3O3. The molecule has 0 saturated carbocycles. The molecule has 2 aromatic rings. The van der Waals surface area contributed by atoms with Crippen LogP contribution in [0.5, 0.6) is 5.75 Å². The van der Waals surface area contributed by atoms with Crippen molar-refractivity contribution in [1.82, 2.24) is 9.97 Å². The Morgan fingerprint density at radius 1 is 1.17 bits per heavy atom. The average molecular weight is 358 g/mol. The zero-order valence-electron chi connectivity index (χ0n) is 13.3. The number of nitrogens with zero attached hydrogens (tertiary/aromatic N) is 3. The van der Waals surface area contributed by atoms with E-state index in [-0.39, 0.29) is 28.3 Å². The topological polar surface area (TPSA) is 78.2 Å². The smallest absolute Gasteiger partial charge is 0.311 e. The van der Waals surface area contributed by atoms with Gasteiger partial charge < -0.3 is 4.74 Å². The number of nitro groups is 1. The maximum Gasteiger partial charge on any atom is 0.311 e. The van der Waals surface area contributed by atoms with E-state index < -0.39 is 4.92 Å². The van der Waals surface area contributed by atoms with Crippen molar-refractivity contribution in [2.24, 2.45) is 0 Å². The molecule has 0 bridgehead atoms. The minimum absolute atomic E-state index is 0.0523. The van der Waals surface area contributed by atoms with Crippen LogP contribution in [0, 0.1) is 24.0 Å². The Bertz CT molecular complexity index is 688. The van der Waals surface area contributed by atoms with Crippen LogP contribution >= 0.6 is 23.2 Å². The minimum atomic E-state index is -0.486. The van der Waals surface area contributed by atoms with Crippen LogP contribution in [0.1, 0.15) is 30.5 Å². The van der Waals surface area contributed by atoms with Crippen molar-refractivity contribution in [3.8, 4) is 5.75 Å². The summed E-state index contributed by atoms with van der Waals surface area (Å²) in [5.74, 6) is 0.182. The molecule has 0 unspecified atom stereocenters. The summed E-state index contributed by atoms with van der Waals surface area (Å²) in [6.07, 6.45) is 1.23. The molecule has 1 heterocycles. The fourth-order valence-electron chi connectivity index (χ4n) is 1.89. The van der Waals surface area contributed by atoms with Gasteiger partial charge in [-0.15, -0.1) is 0 Å². The molecular weight excluding hydrogens is 341 g/mol. The van der Waals surface area contributed by atoms with Gasteiger partial charge in [0.15, 0.2) is 5.75 Å². The van der Waals surface area contributed by atoms with Gasteiger partial charge in [-0.25, -0.2) is 9.97 Å². The molecule has 0 spiro atoms. The molecule has 124 valence electrons. The molecule has 1 aromatic heterocycles. The molecule has 1 aromatic carbocycles. The highest BCUT2D eigenvalue weighted by atomic mass is 35.5. The number of ether oxygens (including phenoxy) is 1. The second-order valence-electron chi connectivity index (χ2n) is 4.41. The highest BCUT2D eigenvalue weighted by molar-refractivity contribution is 6.34. The van der Waals surface area contributed by atoms with E-state index in [4.69, 9.17) is 27.9 Å². The first-order valence-corrected chi connectivity index (χ1v) is 7.69. The summed E-state index contributed by atoms with van der Waals surface area (Å²) in [5.41, 5.74) is 1.73. The van der Waals surface area contributed by atoms with Gasteiger partial charge in [0.2, 0.25) is 0 Å². The third kappa shape index (κ3) is 4.77. The Balaban J connectivity index is 0.00000127. The third-order valence-electron chi connectivity index (χ3n) is 2.80. The maximum atomic E-state index is 11.1. The van der Waals surface area contributed by atoms with Gasteiger partial charge in [-0.1, -0.05) is 43.1 Å². The van der Waals surface area contributed by atoms with Crippen LogP contribution in [0.25, 0.3) is 0 Å². The lowest BCUT2D eigenvalue weighted by Gasteiger charge is -2.11. The number of hydrogen-bond acceptors (Lipinski definition) is 5. The number of rotatable bonds is 4. The van der Waals surface area contributed by atoms with Crippen molar-refractivity contribution < 1.29 is 9.66 Å². The summed E-state index contributed by atoms with van der Waals surface area (Å²) in [6, 6.07) is 3.25. The molecule has 2 rings (SSSR count). The van der Waals surface area contributed by atoms with Crippen molar-refractivity contribution in [3.63, 3.8) is 0 Å². The molecule has 0 saturated heterocycles. The summed E-state index contributed by atoms with van der Waals surface area (Å²) >= 11 is 11.8. The number of hydrogen-bond donors (Lipinski definition) is 0. The van der Waals surface area contributed by atoms with Gasteiger partial charge in [-0.05, 0) is 25.0 Å². The van der Waals surface area contributed by atoms with E-state index in [0.29, 0.717) is 11.1 Å². The number of nitro benzene ring substituents is 1. The molecule has 0 aliphatic heterocycles. The number of benzene rings is 1. The van der Waals surface area contributed by atoms with Gasteiger partial charge in [0, 0.05) is 6.07 Å². The Morgan fingerprint density at radius 2 is 1.74 bits per heavy atom. The summed E-state index contributed by atoms with van der Waals surface area (Å²) in [7, 11) is 0. The highest BCUT2D eigenvalue weighted by Crippen LogP contribution is 2.33. The van der Waals surface area contributed by atoms with Gasteiger partial charge in [-0.3, -0.25) is 10.1 Å². The molecule has 0 aliphatic carbocycles. The first kappa shape index (κ1) is 19.1. The van der Waals surface area contributed by atoms with Crippen molar-refractivity contribution in [2.45, 2.75) is 34.3 Å². The minimum Gasteiger partial charge on any atom is -0.482 e. The van der Waals surface area contributed by atoms with Gasteiger partial charge in [-0.2, -0.15) is 0 Å². The van der Waals surface area contributed by atoms with Crippen molar-refractivity contribution >= 4 is 28.9 Å². The van der Waals surface area contributed by atoms with Crippen molar-refractivity contribution in [1.29, 1.82) is 0 Å². The molecule has 0 fully saturated rings. The monoisotopic (exact) mass is 357 g/mol. The van der Waals surface area contributed by atoms with E-state index in [2.05, 4.69) is 9.97 Å². The molecule has 0 radical (unpaired) electrons. The van der Waals surface area contributed by atoms with Gasteiger partial charge in [0.1, 0.15) is 23.2 Å². The van der Waals surface area contributed by atoms with Gasteiger partial charge in [0.05, 0.1) is 10.5 Å². The number of aromatic nitrogens is 2. The lowest BCUT2D eigenvalue weighted by Crippen LogP contribution is -2.04. The summed E-state index contributed by atoms with van der Waals surface area (Å²) in [4.78, 5) is 18.2. The second-order valence-corrected chi connectivity index (χ2v) is 5.13. The van der Waals surface area contributed by atoms with Crippen LogP contribution in [0.2, 0.25) is 10.3 Å². The van der Waals surface area contributed by atoms with E-state index >= 15 is 0 Å². The Morgan fingerprint density at radius 3 is 2.26 bits per heavy atom. The maximum absolute atomic E-state index is 11.1. The quantitative estimate of drug-likeness (QED) is 0.441. The molecule has 0 aliphatic rings. The van der Waals surface area contributed by atoms with Crippen LogP contribution < -0.4 is 4.74 Å². The molecule has 0 atom stereocenters. The van der Waals surface area contributed by atoms with E-state index in [9.17, 15) is 10.1 Å². The Kier molecular flexibility index (Phi) is 7.19. The third-order valence-corrected chi connectivity index (χ3v) is 3.45. The first-order chi connectivity index (χ1) is 10.9. The largest absolute Gasteiger partial charge is 0.482 e. The zero-order valence-corrected chi connectivity index (χ0v) is 14.8. The molecule has 6 nitrogen and oxygen atoms in total. The van der Waals surface area contributed by atoms with E-state index in [1.54, 1.807) is 19.9 Å². The fourth-order valence-corrected chi connectivity index (χ4v) is 2.31. The predicted octanol–water partition coefficient (Wildman–Crippen LogP) is 4.91. The van der Waals surface area contributed by atoms with Gasteiger partial charge >= 0.3 is 5.69 Å². The Labute approximate surface area is 144 Å². The lowest BCUT2D eigenvalue weighted by atomic mass is 10.1. The molecule has 8 heteroatoms. The van der Waals surface area contributed by atoms with Crippen molar-refractivity contribution in [2.75, 3.05) is 0 Å². The predicted molar refractivity (Wildman–Crippen MR) is 90.3 cm³/mol. The molecule has 0 N–H and O–H groups in total. The number of halogens is 2. The Hall–Kier alpha value is -1.92. The summed E-state index contributed by atoms with van der Waals surface area (Å²) in [5, 5.41) is 11.4. The zero-order chi connectivity index (χ0) is 17.6. The van der Waals surface area contributed by atoms with Crippen LogP contribution in [-0.2, 0) is 6.61 Å². The lowest BCUT2D eigenvalue weighted by molar-refractivity contribution is -0.386. The summed E-state index contributed by atoms with van der Waals surface area (Å²) in [6.45, 7) is 7.46. The second kappa shape index (κ2) is 8.64. The fraction of sp³-hybridized carbons (Fsp3) is 0.333. The molecule has 23 heavy (non-hydrogen) atoms. The van der Waals surface area contributed by atoms with Crippen molar-refractivity contribution in [3.05, 3.63) is 55.6 Å². The van der Waals surface area contributed by atoms with Crippen LogP contribution in [0.15, 0.2) is 18.5 Å². The van der Waals surface area contributed by atoms with Crippen LogP contribution in [-0.4, -0.2) is 14.9 Å². The van der Waals surface area contributed by atoms with E-state index in [1.165, 1.54) is 12.4 Å². The van der Waals surface area contributed by atoms with Crippen LogP contribution in [0.4, 0.5) is 5.69 Å².